The van der Waals surface area contributed by atoms with Crippen molar-refractivity contribution in [3.05, 3.63) is 65.7 Å². The van der Waals surface area contributed by atoms with Crippen molar-refractivity contribution in [3.63, 3.8) is 0 Å². The topological polar surface area (TPSA) is 49.7 Å². The Balaban J connectivity index is 2.34. The molecule has 0 aromatic heterocycles. The molecule has 6 heteroatoms. The Bertz CT molecular complexity index is 900. The van der Waals surface area contributed by atoms with E-state index in [9.17, 15) is 8.42 Å². The third-order valence-electron chi connectivity index (χ3n) is 5.45. The number of sulfonamides is 1. The molecule has 0 amide bonds. The second-order valence-electron chi connectivity index (χ2n) is 8.69. The minimum absolute atomic E-state index is 0.165. The van der Waals surface area contributed by atoms with Crippen molar-refractivity contribution in [1.82, 2.24) is 4.08 Å². The van der Waals surface area contributed by atoms with Gasteiger partial charge in [0.05, 0.1) is 4.90 Å². The molecule has 0 spiro atoms. The molecule has 0 radical (unpaired) electrons. The van der Waals surface area contributed by atoms with E-state index in [1.165, 1.54) is 9.64 Å². The molecule has 4 nitrogen and oxygen atoms in total. The van der Waals surface area contributed by atoms with Gasteiger partial charge in [-0.05, 0) is 55.6 Å². The van der Waals surface area contributed by atoms with E-state index in [1.54, 1.807) is 18.3 Å². The fourth-order valence-electron chi connectivity index (χ4n) is 2.61. The Labute approximate surface area is 171 Å². The average molecular weight is 417 g/mol. The summed E-state index contributed by atoms with van der Waals surface area (Å²) in [6, 6.07) is 17.2. The first-order chi connectivity index (χ1) is 13.0. The molecule has 0 aliphatic heterocycles. The van der Waals surface area contributed by atoms with Crippen LogP contribution < -0.4 is 0 Å². The number of hydrogen-bond acceptors (Lipinski definition) is 3. The van der Waals surface area contributed by atoms with E-state index in [2.05, 4.69) is 51.1 Å². The summed E-state index contributed by atoms with van der Waals surface area (Å²) in [5.74, 6) is 0. The van der Waals surface area contributed by atoms with Gasteiger partial charge in [-0.3, -0.25) is 0 Å². The maximum atomic E-state index is 13.4. The van der Waals surface area contributed by atoms with Crippen LogP contribution in [0, 0.1) is 6.92 Å². The number of hydrazone groups is 1. The summed E-state index contributed by atoms with van der Waals surface area (Å²) in [6.45, 7) is 12.4. The maximum Gasteiger partial charge on any atom is 0.271 e. The summed E-state index contributed by atoms with van der Waals surface area (Å²) < 4.78 is 28.3. The van der Waals surface area contributed by atoms with Gasteiger partial charge in [0.2, 0.25) is 8.24 Å². The molecule has 2 rings (SSSR count). The molecule has 2 aromatic rings. The van der Waals surface area contributed by atoms with E-state index in [1.807, 2.05) is 37.3 Å². The van der Waals surface area contributed by atoms with Crippen molar-refractivity contribution in [3.8, 4) is 0 Å². The number of hydrogen-bond donors (Lipinski definition) is 0. The molecular weight excluding hydrogens is 384 g/mol. The van der Waals surface area contributed by atoms with Crippen LogP contribution in [0.1, 0.15) is 38.3 Å². The van der Waals surface area contributed by atoms with Gasteiger partial charge in [-0.15, -0.1) is 0 Å². The summed E-state index contributed by atoms with van der Waals surface area (Å²) in [4.78, 5) is 0.295. The minimum atomic E-state index is -3.71. The van der Waals surface area contributed by atoms with Gasteiger partial charge < -0.3 is 0 Å². The zero-order valence-corrected chi connectivity index (χ0v) is 19.6. The highest BCUT2D eigenvalue weighted by Crippen LogP contribution is 2.41. The maximum absolute atomic E-state index is 13.4. The number of benzene rings is 2. The molecule has 0 fully saturated rings. The second kappa shape index (κ2) is 8.62. The number of rotatable bonds is 7. The standard InChI is InChI=1S/C22H32N2O2SSi/c1-19-14-16-21(17-15-19)27(25,26)24(28(5,6)22(2,3)4)23-18-10-13-20-11-8-7-9-12-20/h7-9,11-12,14-18H,10,13H2,1-6H3/b23-18+. The fourth-order valence-corrected chi connectivity index (χ4v) is 7.97. The van der Waals surface area contributed by atoms with Gasteiger partial charge in [0.25, 0.3) is 10.0 Å². The van der Waals surface area contributed by atoms with Crippen LogP contribution >= 0.6 is 0 Å². The van der Waals surface area contributed by atoms with Crippen LogP contribution in [0.5, 0.6) is 0 Å². The van der Waals surface area contributed by atoms with Gasteiger partial charge >= 0.3 is 0 Å². The quantitative estimate of drug-likeness (QED) is 0.335. The third-order valence-corrected chi connectivity index (χ3v) is 13.7. The second-order valence-corrected chi connectivity index (χ2v) is 15.8. The number of aryl methyl sites for hydroxylation is 2. The highest BCUT2D eigenvalue weighted by atomic mass is 32.2. The molecule has 0 heterocycles. The van der Waals surface area contributed by atoms with Crippen molar-refractivity contribution in [2.45, 2.75) is 63.6 Å². The first-order valence-electron chi connectivity index (χ1n) is 9.65. The minimum Gasteiger partial charge on any atom is -0.221 e. The van der Waals surface area contributed by atoms with Gasteiger partial charge in [0.15, 0.2) is 0 Å². The Morgan fingerprint density at radius 2 is 1.57 bits per heavy atom. The highest BCUT2D eigenvalue weighted by Gasteiger charge is 2.47. The van der Waals surface area contributed by atoms with Crippen LogP contribution in [0.4, 0.5) is 0 Å². The van der Waals surface area contributed by atoms with Crippen molar-refractivity contribution in [1.29, 1.82) is 0 Å². The van der Waals surface area contributed by atoms with Gasteiger partial charge in [-0.1, -0.05) is 68.8 Å². The summed E-state index contributed by atoms with van der Waals surface area (Å²) in [5, 5.41) is 4.36. The molecule has 28 heavy (non-hydrogen) atoms. The van der Waals surface area contributed by atoms with Gasteiger partial charge in [0, 0.05) is 6.21 Å². The zero-order valence-electron chi connectivity index (χ0n) is 17.8. The molecule has 0 aliphatic rings. The number of nitrogens with zero attached hydrogens (tertiary/aromatic N) is 2. The molecule has 0 bridgehead atoms. The van der Waals surface area contributed by atoms with Crippen molar-refractivity contribution >= 4 is 24.5 Å². The average Bonchev–Trinajstić information content (AvgIpc) is 2.61. The third kappa shape index (κ3) is 5.11. The lowest BCUT2D eigenvalue weighted by Crippen LogP contribution is -2.54. The summed E-state index contributed by atoms with van der Waals surface area (Å²) in [5.41, 5.74) is 2.25. The lowest BCUT2D eigenvalue weighted by molar-refractivity contribution is 0.516. The molecule has 0 saturated carbocycles. The zero-order chi connectivity index (χ0) is 21.0. The van der Waals surface area contributed by atoms with E-state index in [-0.39, 0.29) is 5.04 Å². The van der Waals surface area contributed by atoms with E-state index in [0.29, 0.717) is 11.3 Å². The van der Waals surface area contributed by atoms with Crippen LogP contribution in [-0.4, -0.2) is 26.9 Å². The first kappa shape index (κ1) is 22.4. The van der Waals surface area contributed by atoms with Crippen LogP contribution in [0.2, 0.25) is 18.1 Å². The molecule has 0 unspecified atom stereocenters. The lowest BCUT2D eigenvalue weighted by Gasteiger charge is -2.42. The summed E-state index contributed by atoms with van der Waals surface area (Å²) in [6.07, 6.45) is 3.28. The molecule has 152 valence electrons. The molecule has 0 atom stereocenters. The van der Waals surface area contributed by atoms with Crippen molar-refractivity contribution in [2.24, 2.45) is 5.10 Å². The van der Waals surface area contributed by atoms with Crippen molar-refractivity contribution < 1.29 is 8.42 Å². The van der Waals surface area contributed by atoms with E-state index in [0.717, 1.165) is 12.0 Å². The predicted octanol–water partition coefficient (Wildman–Crippen LogP) is 5.61. The SMILES string of the molecule is Cc1ccc(S(=O)(=O)N(/N=C/CCc2ccccc2)[Si](C)(C)C(C)(C)C)cc1. The van der Waals surface area contributed by atoms with Gasteiger partial charge in [-0.2, -0.15) is 5.10 Å². The van der Waals surface area contributed by atoms with Crippen LogP contribution in [0.3, 0.4) is 0 Å². The van der Waals surface area contributed by atoms with E-state index in [4.69, 9.17) is 0 Å². The fraction of sp³-hybridized carbons (Fsp3) is 0.409. The van der Waals surface area contributed by atoms with E-state index < -0.39 is 18.3 Å². The Hall–Kier alpha value is -1.92. The summed E-state index contributed by atoms with van der Waals surface area (Å²) in [7, 11) is -6.15. The smallest absolute Gasteiger partial charge is 0.221 e. The molecule has 0 N–H and O–H groups in total. The first-order valence-corrected chi connectivity index (χ1v) is 14.0. The van der Waals surface area contributed by atoms with Crippen LogP contribution in [-0.2, 0) is 16.4 Å². The monoisotopic (exact) mass is 416 g/mol. The van der Waals surface area contributed by atoms with Crippen molar-refractivity contribution in [2.75, 3.05) is 0 Å². The molecule has 0 aliphatic carbocycles. The highest BCUT2D eigenvalue weighted by molar-refractivity contribution is 7.90. The Kier molecular flexibility index (Phi) is 6.88. The Morgan fingerprint density at radius 3 is 2.11 bits per heavy atom. The van der Waals surface area contributed by atoms with Crippen LogP contribution in [0.15, 0.2) is 64.6 Å². The molecule has 0 saturated heterocycles. The summed E-state index contributed by atoms with van der Waals surface area (Å²) >= 11 is 0. The van der Waals surface area contributed by atoms with Crippen LogP contribution in [0.25, 0.3) is 0 Å². The predicted molar refractivity (Wildman–Crippen MR) is 121 cm³/mol. The molecule has 2 aromatic carbocycles. The van der Waals surface area contributed by atoms with Gasteiger partial charge in [-0.25, -0.2) is 12.5 Å². The Morgan fingerprint density at radius 1 is 1.00 bits per heavy atom. The lowest BCUT2D eigenvalue weighted by atomic mass is 10.1. The molecular formula is C22H32N2O2SSi. The van der Waals surface area contributed by atoms with Gasteiger partial charge in [0.1, 0.15) is 0 Å². The van der Waals surface area contributed by atoms with E-state index >= 15 is 0 Å². The largest absolute Gasteiger partial charge is 0.271 e. The normalized spacial score (nSPS) is 13.1.